The summed E-state index contributed by atoms with van der Waals surface area (Å²) in [5.74, 6) is 0.257. The van der Waals surface area contributed by atoms with Crippen LogP contribution in [0.1, 0.15) is 58.8 Å². The van der Waals surface area contributed by atoms with Gasteiger partial charge < -0.3 is 0 Å². The third-order valence-corrected chi connectivity index (χ3v) is 4.29. The standard InChI is InChI=1S/C14H23NO2/c1-3-4-7-10(2)15-13(16)11-8-5-6-9-12(11)14(15)17/h10-12H,3-9H2,1-2H3. The van der Waals surface area contributed by atoms with Crippen LogP contribution in [0.2, 0.25) is 0 Å². The van der Waals surface area contributed by atoms with Gasteiger partial charge in [0.2, 0.25) is 11.8 Å². The number of carbonyl (C=O) groups is 2. The Labute approximate surface area is 104 Å². The fourth-order valence-electron chi connectivity index (χ4n) is 3.25. The van der Waals surface area contributed by atoms with E-state index in [-0.39, 0.29) is 29.7 Å². The lowest BCUT2D eigenvalue weighted by Crippen LogP contribution is -2.38. The zero-order chi connectivity index (χ0) is 12.4. The minimum Gasteiger partial charge on any atom is -0.279 e. The summed E-state index contributed by atoms with van der Waals surface area (Å²) in [5, 5.41) is 0. The summed E-state index contributed by atoms with van der Waals surface area (Å²) in [4.78, 5) is 26.1. The Bertz CT molecular complexity index is 289. The molecule has 0 aromatic rings. The van der Waals surface area contributed by atoms with Gasteiger partial charge in [-0.1, -0.05) is 32.6 Å². The van der Waals surface area contributed by atoms with Gasteiger partial charge in [-0.25, -0.2) is 0 Å². The highest BCUT2D eigenvalue weighted by atomic mass is 16.2. The molecule has 2 amide bonds. The first-order valence-corrected chi connectivity index (χ1v) is 7.03. The lowest BCUT2D eigenvalue weighted by molar-refractivity contribution is -0.142. The summed E-state index contributed by atoms with van der Waals surface area (Å²) in [5.41, 5.74) is 0. The molecule has 0 aromatic heterocycles. The summed E-state index contributed by atoms with van der Waals surface area (Å²) in [6, 6.07) is 0.0977. The maximum atomic E-state index is 12.3. The smallest absolute Gasteiger partial charge is 0.233 e. The van der Waals surface area contributed by atoms with Crippen LogP contribution < -0.4 is 0 Å². The summed E-state index contributed by atoms with van der Waals surface area (Å²) < 4.78 is 0. The van der Waals surface area contributed by atoms with Gasteiger partial charge in [0.25, 0.3) is 0 Å². The molecule has 0 spiro atoms. The second-order valence-corrected chi connectivity index (χ2v) is 5.54. The lowest BCUT2D eigenvalue weighted by atomic mass is 9.81. The maximum Gasteiger partial charge on any atom is 0.233 e. The molecule has 0 radical (unpaired) electrons. The molecule has 1 saturated heterocycles. The zero-order valence-electron chi connectivity index (χ0n) is 10.9. The number of unbranched alkanes of at least 4 members (excludes halogenated alkanes) is 1. The third-order valence-electron chi connectivity index (χ3n) is 4.29. The first-order chi connectivity index (χ1) is 8.16. The Balaban J connectivity index is 2.07. The van der Waals surface area contributed by atoms with E-state index >= 15 is 0 Å². The molecule has 1 heterocycles. The summed E-state index contributed by atoms with van der Waals surface area (Å²) in [6.45, 7) is 4.16. The largest absolute Gasteiger partial charge is 0.279 e. The number of nitrogens with zero attached hydrogens (tertiary/aromatic N) is 1. The molecule has 2 rings (SSSR count). The van der Waals surface area contributed by atoms with Gasteiger partial charge >= 0.3 is 0 Å². The number of likely N-dealkylation sites (tertiary alicyclic amines) is 1. The van der Waals surface area contributed by atoms with Crippen molar-refractivity contribution in [1.29, 1.82) is 0 Å². The molecule has 1 saturated carbocycles. The summed E-state index contributed by atoms with van der Waals surface area (Å²) >= 11 is 0. The van der Waals surface area contributed by atoms with Crippen molar-refractivity contribution in [3.8, 4) is 0 Å². The molecule has 3 atom stereocenters. The minimum atomic E-state index is 0.0142. The first kappa shape index (κ1) is 12.6. The number of amides is 2. The first-order valence-electron chi connectivity index (χ1n) is 7.03. The van der Waals surface area contributed by atoms with Gasteiger partial charge in [0.15, 0.2) is 0 Å². The van der Waals surface area contributed by atoms with Crippen LogP contribution in [0.5, 0.6) is 0 Å². The summed E-state index contributed by atoms with van der Waals surface area (Å²) in [6.07, 6.45) is 7.22. The van der Waals surface area contributed by atoms with E-state index in [1.807, 2.05) is 6.92 Å². The van der Waals surface area contributed by atoms with Gasteiger partial charge in [-0.15, -0.1) is 0 Å². The number of imide groups is 1. The third kappa shape index (κ3) is 2.24. The average Bonchev–Trinajstić information content (AvgIpc) is 2.60. The van der Waals surface area contributed by atoms with Gasteiger partial charge in [-0.3, -0.25) is 14.5 Å². The van der Waals surface area contributed by atoms with Crippen LogP contribution in [-0.2, 0) is 9.59 Å². The number of rotatable bonds is 4. The van der Waals surface area contributed by atoms with E-state index in [2.05, 4.69) is 6.92 Å². The zero-order valence-corrected chi connectivity index (χ0v) is 10.9. The number of carbonyl (C=O) groups excluding carboxylic acids is 2. The lowest BCUT2D eigenvalue weighted by Gasteiger charge is -2.22. The Morgan fingerprint density at radius 3 is 2.18 bits per heavy atom. The normalized spacial score (nSPS) is 30.6. The van der Waals surface area contributed by atoms with Crippen molar-refractivity contribution >= 4 is 11.8 Å². The molecule has 3 nitrogen and oxygen atoms in total. The highest BCUT2D eigenvalue weighted by Crippen LogP contribution is 2.39. The van der Waals surface area contributed by atoms with Crippen LogP contribution in [-0.4, -0.2) is 22.8 Å². The van der Waals surface area contributed by atoms with Gasteiger partial charge in [0, 0.05) is 6.04 Å². The van der Waals surface area contributed by atoms with Crippen molar-refractivity contribution in [3.63, 3.8) is 0 Å². The molecule has 17 heavy (non-hydrogen) atoms. The molecule has 1 aliphatic carbocycles. The second-order valence-electron chi connectivity index (χ2n) is 5.54. The fraction of sp³-hybridized carbons (Fsp3) is 0.857. The van der Waals surface area contributed by atoms with Gasteiger partial charge in [-0.2, -0.15) is 0 Å². The molecule has 0 N–H and O–H groups in total. The quantitative estimate of drug-likeness (QED) is 0.705. The Kier molecular flexibility index (Phi) is 3.85. The highest BCUT2D eigenvalue weighted by Gasteiger charge is 2.49. The van der Waals surface area contributed by atoms with Gasteiger partial charge in [0.1, 0.15) is 0 Å². The molecule has 2 fully saturated rings. The van der Waals surface area contributed by atoms with Crippen molar-refractivity contribution in [2.45, 2.75) is 64.8 Å². The molecule has 1 aliphatic heterocycles. The minimum absolute atomic E-state index is 0.0142. The predicted molar refractivity (Wildman–Crippen MR) is 66.3 cm³/mol. The summed E-state index contributed by atoms with van der Waals surface area (Å²) in [7, 11) is 0. The van der Waals surface area contributed by atoms with Crippen molar-refractivity contribution in [3.05, 3.63) is 0 Å². The second kappa shape index (κ2) is 5.19. The van der Waals surface area contributed by atoms with Crippen LogP contribution in [0, 0.1) is 11.8 Å². The van der Waals surface area contributed by atoms with E-state index in [9.17, 15) is 9.59 Å². The Hall–Kier alpha value is -0.860. The molecule has 3 heteroatoms. The molecule has 0 bridgehead atoms. The molecule has 96 valence electrons. The van der Waals surface area contributed by atoms with E-state index in [4.69, 9.17) is 0 Å². The molecule has 0 aromatic carbocycles. The van der Waals surface area contributed by atoms with Crippen molar-refractivity contribution in [1.82, 2.24) is 4.90 Å². The SMILES string of the molecule is CCCCC(C)N1C(=O)C2CCCCC2C1=O. The van der Waals surface area contributed by atoms with Crippen LogP contribution in [0.25, 0.3) is 0 Å². The highest BCUT2D eigenvalue weighted by molar-refractivity contribution is 6.05. The predicted octanol–water partition coefficient (Wildman–Crippen LogP) is 2.74. The molecule has 3 unspecified atom stereocenters. The van der Waals surface area contributed by atoms with Gasteiger partial charge in [-0.05, 0) is 26.2 Å². The van der Waals surface area contributed by atoms with Crippen LogP contribution >= 0.6 is 0 Å². The fourth-order valence-corrected chi connectivity index (χ4v) is 3.25. The van der Waals surface area contributed by atoms with Gasteiger partial charge in [0.05, 0.1) is 11.8 Å². The maximum absolute atomic E-state index is 12.3. The van der Waals surface area contributed by atoms with Crippen LogP contribution in [0.15, 0.2) is 0 Å². The van der Waals surface area contributed by atoms with E-state index in [0.717, 1.165) is 44.9 Å². The Morgan fingerprint density at radius 2 is 1.71 bits per heavy atom. The molecular weight excluding hydrogens is 214 g/mol. The van der Waals surface area contributed by atoms with E-state index < -0.39 is 0 Å². The molecule has 2 aliphatic rings. The number of hydrogen-bond donors (Lipinski definition) is 0. The van der Waals surface area contributed by atoms with E-state index in [0.29, 0.717) is 0 Å². The van der Waals surface area contributed by atoms with Crippen molar-refractivity contribution in [2.75, 3.05) is 0 Å². The average molecular weight is 237 g/mol. The van der Waals surface area contributed by atoms with Crippen molar-refractivity contribution < 1.29 is 9.59 Å². The number of hydrogen-bond acceptors (Lipinski definition) is 2. The van der Waals surface area contributed by atoms with E-state index in [1.54, 1.807) is 4.90 Å². The monoisotopic (exact) mass is 237 g/mol. The van der Waals surface area contributed by atoms with Crippen molar-refractivity contribution in [2.24, 2.45) is 11.8 Å². The Morgan fingerprint density at radius 1 is 1.18 bits per heavy atom. The van der Waals surface area contributed by atoms with Crippen LogP contribution in [0.3, 0.4) is 0 Å². The molecular formula is C14H23NO2. The van der Waals surface area contributed by atoms with E-state index in [1.165, 1.54) is 0 Å². The van der Waals surface area contributed by atoms with Crippen LogP contribution in [0.4, 0.5) is 0 Å². The topological polar surface area (TPSA) is 37.4 Å². The number of fused-ring (bicyclic) bond motifs is 1.